The fourth-order valence-electron chi connectivity index (χ4n) is 1.22. The van der Waals surface area contributed by atoms with E-state index in [0.717, 1.165) is 0 Å². The van der Waals surface area contributed by atoms with E-state index in [4.69, 9.17) is 5.21 Å². The molecule has 0 saturated heterocycles. The lowest BCUT2D eigenvalue weighted by molar-refractivity contribution is 0.318. The summed E-state index contributed by atoms with van der Waals surface area (Å²) < 4.78 is 0. The molecule has 6 heteroatoms. The number of rotatable bonds is 3. The average Bonchev–Trinajstić information content (AvgIpc) is 2.38. The molecule has 1 N–H and O–H groups in total. The molecule has 0 aliphatic carbocycles. The maximum atomic E-state index is 8.91. The third-order valence-electron chi connectivity index (χ3n) is 1.94. The number of hydrogen-bond donors (Lipinski definition) is 1. The van der Waals surface area contributed by atoms with Gasteiger partial charge in [-0.25, -0.2) is 0 Å². The Labute approximate surface area is 91.7 Å². The maximum Gasteiger partial charge on any atom is 0.113 e. The van der Waals surface area contributed by atoms with Crippen LogP contribution in [0.15, 0.2) is 42.3 Å². The summed E-state index contributed by atoms with van der Waals surface area (Å²) in [5, 5.41) is 12.1. The third kappa shape index (κ3) is 2.35. The van der Waals surface area contributed by atoms with Gasteiger partial charge in [0, 0.05) is 37.4 Å². The smallest absolute Gasteiger partial charge is 0.113 e. The van der Waals surface area contributed by atoms with Crippen molar-refractivity contribution in [2.24, 2.45) is 5.16 Å². The minimum atomic E-state index is 0.364. The van der Waals surface area contributed by atoms with Gasteiger partial charge in [0.05, 0.1) is 11.9 Å². The van der Waals surface area contributed by atoms with E-state index >= 15 is 0 Å². The van der Waals surface area contributed by atoms with E-state index in [1.54, 1.807) is 24.8 Å². The molecule has 80 valence electrons. The number of nitrogens with zero attached hydrogens (tertiary/aromatic N) is 5. The third-order valence-corrected chi connectivity index (χ3v) is 1.94. The minimum absolute atomic E-state index is 0.364. The second-order valence-corrected chi connectivity index (χ2v) is 3.01. The van der Waals surface area contributed by atoms with Crippen molar-refractivity contribution in [1.29, 1.82) is 0 Å². The second kappa shape index (κ2) is 4.92. The van der Waals surface area contributed by atoms with E-state index in [2.05, 4.69) is 25.1 Å². The van der Waals surface area contributed by atoms with Crippen molar-refractivity contribution < 1.29 is 5.21 Å². The summed E-state index contributed by atoms with van der Waals surface area (Å²) in [6.07, 6.45) is 9.77. The minimum Gasteiger partial charge on any atom is -0.411 e. The maximum absolute atomic E-state index is 8.91. The van der Waals surface area contributed by atoms with Crippen molar-refractivity contribution in [3.05, 3.63) is 48.6 Å². The van der Waals surface area contributed by atoms with Gasteiger partial charge in [0.15, 0.2) is 0 Å². The van der Waals surface area contributed by atoms with E-state index in [-0.39, 0.29) is 0 Å². The Bertz CT molecular complexity index is 471. The first-order valence-corrected chi connectivity index (χ1v) is 4.62. The summed E-state index contributed by atoms with van der Waals surface area (Å²) in [6.45, 7) is 0. The van der Waals surface area contributed by atoms with Crippen molar-refractivity contribution in [1.82, 2.24) is 19.9 Å². The van der Waals surface area contributed by atoms with Gasteiger partial charge in [-0.3, -0.25) is 19.9 Å². The highest BCUT2D eigenvalue weighted by molar-refractivity contribution is 5.99. The van der Waals surface area contributed by atoms with Crippen molar-refractivity contribution in [3.8, 4) is 0 Å². The molecule has 16 heavy (non-hydrogen) atoms. The molecule has 0 bridgehead atoms. The lowest BCUT2D eigenvalue weighted by Crippen LogP contribution is -2.09. The van der Waals surface area contributed by atoms with Gasteiger partial charge < -0.3 is 5.21 Å². The van der Waals surface area contributed by atoms with Crippen molar-refractivity contribution >= 4 is 5.71 Å². The quantitative estimate of drug-likeness (QED) is 0.462. The number of hydrogen-bond acceptors (Lipinski definition) is 6. The summed E-state index contributed by atoms with van der Waals surface area (Å²) in [6, 6.07) is 0. The van der Waals surface area contributed by atoms with Crippen LogP contribution in [0.4, 0.5) is 0 Å². The van der Waals surface area contributed by atoms with Gasteiger partial charge in [0.25, 0.3) is 0 Å². The van der Waals surface area contributed by atoms with E-state index in [1.165, 1.54) is 12.4 Å². The largest absolute Gasteiger partial charge is 0.411 e. The topological polar surface area (TPSA) is 84.2 Å². The molecule has 2 heterocycles. The monoisotopic (exact) mass is 215 g/mol. The van der Waals surface area contributed by atoms with Crippen LogP contribution in [0.1, 0.15) is 11.4 Å². The Hall–Kier alpha value is -2.37. The zero-order valence-electron chi connectivity index (χ0n) is 8.35. The zero-order chi connectivity index (χ0) is 11.2. The fraction of sp³-hybridized carbons (Fsp3) is 0.100. The van der Waals surface area contributed by atoms with Crippen LogP contribution in [-0.2, 0) is 6.42 Å². The molecular formula is C10H9N5O. The molecule has 0 aromatic carbocycles. The molecule has 0 aliphatic heterocycles. The van der Waals surface area contributed by atoms with Crippen LogP contribution in [0.2, 0.25) is 0 Å². The molecule has 0 amide bonds. The van der Waals surface area contributed by atoms with Gasteiger partial charge in [-0.1, -0.05) is 5.16 Å². The Morgan fingerprint density at radius 3 is 2.38 bits per heavy atom. The predicted molar refractivity (Wildman–Crippen MR) is 56.1 cm³/mol. The molecule has 6 nitrogen and oxygen atoms in total. The van der Waals surface area contributed by atoms with Crippen LogP contribution >= 0.6 is 0 Å². The van der Waals surface area contributed by atoms with Gasteiger partial charge in [-0.2, -0.15) is 0 Å². The van der Waals surface area contributed by atoms with Crippen molar-refractivity contribution in [2.75, 3.05) is 0 Å². The second-order valence-electron chi connectivity index (χ2n) is 3.01. The predicted octanol–water partition coefficient (Wildman–Crippen LogP) is 0.688. The highest BCUT2D eigenvalue weighted by Gasteiger charge is 2.08. The summed E-state index contributed by atoms with van der Waals surface area (Å²) >= 11 is 0. The average molecular weight is 215 g/mol. The summed E-state index contributed by atoms with van der Waals surface area (Å²) in [4.78, 5) is 16.0. The van der Waals surface area contributed by atoms with Crippen LogP contribution < -0.4 is 0 Å². The van der Waals surface area contributed by atoms with Gasteiger partial charge >= 0.3 is 0 Å². The van der Waals surface area contributed by atoms with Gasteiger partial charge in [-0.15, -0.1) is 0 Å². The standard InChI is InChI=1S/C10H9N5O/c16-15-9(10-7-12-2-4-14-10)5-8-6-11-1-3-13-8/h1-4,6-7,16H,5H2/b15-9+. The summed E-state index contributed by atoms with van der Waals surface area (Å²) in [5.74, 6) is 0. The molecular weight excluding hydrogens is 206 g/mol. The first-order valence-electron chi connectivity index (χ1n) is 4.62. The molecule has 2 rings (SSSR count). The van der Waals surface area contributed by atoms with Gasteiger partial charge in [0.1, 0.15) is 11.4 Å². The molecule has 0 fully saturated rings. The highest BCUT2D eigenvalue weighted by atomic mass is 16.4. The Kier molecular flexibility index (Phi) is 3.12. The Morgan fingerprint density at radius 2 is 1.81 bits per heavy atom. The zero-order valence-corrected chi connectivity index (χ0v) is 8.35. The molecule has 0 aliphatic rings. The van der Waals surface area contributed by atoms with E-state index < -0.39 is 0 Å². The SMILES string of the molecule is O/N=C(\Cc1cnccn1)c1cnccn1. The van der Waals surface area contributed by atoms with Crippen LogP contribution in [0.3, 0.4) is 0 Å². The van der Waals surface area contributed by atoms with Crippen LogP contribution in [0, 0.1) is 0 Å². The molecule has 0 spiro atoms. The van der Waals surface area contributed by atoms with Crippen LogP contribution in [0.5, 0.6) is 0 Å². The number of aromatic nitrogens is 4. The first-order chi connectivity index (χ1) is 7.90. The summed E-state index contributed by atoms with van der Waals surface area (Å²) in [7, 11) is 0. The van der Waals surface area contributed by atoms with E-state index in [9.17, 15) is 0 Å². The van der Waals surface area contributed by atoms with Crippen LogP contribution in [-0.4, -0.2) is 30.9 Å². The molecule has 2 aromatic heterocycles. The fourth-order valence-corrected chi connectivity index (χ4v) is 1.22. The lowest BCUT2D eigenvalue weighted by atomic mass is 10.1. The Balaban J connectivity index is 2.20. The first kappa shape index (κ1) is 10.2. The van der Waals surface area contributed by atoms with E-state index in [0.29, 0.717) is 23.5 Å². The van der Waals surface area contributed by atoms with Crippen LogP contribution in [0.25, 0.3) is 0 Å². The molecule has 0 saturated carbocycles. The van der Waals surface area contributed by atoms with Crippen molar-refractivity contribution in [2.45, 2.75) is 6.42 Å². The molecule has 0 atom stereocenters. The van der Waals surface area contributed by atoms with Gasteiger partial charge in [-0.05, 0) is 0 Å². The molecule has 0 unspecified atom stereocenters. The van der Waals surface area contributed by atoms with Gasteiger partial charge in [0.2, 0.25) is 0 Å². The molecule has 0 radical (unpaired) electrons. The van der Waals surface area contributed by atoms with Crippen molar-refractivity contribution in [3.63, 3.8) is 0 Å². The highest BCUT2D eigenvalue weighted by Crippen LogP contribution is 2.01. The summed E-state index contributed by atoms with van der Waals surface area (Å²) in [5.41, 5.74) is 1.64. The number of oxime groups is 1. The lowest BCUT2D eigenvalue weighted by Gasteiger charge is -2.01. The normalized spacial score (nSPS) is 11.4. The molecule has 2 aromatic rings. The Morgan fingerprint density at radius 1 is 1.06 bits per heavy atom. The van der Waals surface area contributed by atoms with E-state index in [1.807, 2.05) is 0 Å².